The molecule has 34 heavy (non-hydrogen) atoms. The fourth-order valence-corrected chi connectivity index (χ4v) is 6.22. The summed E-state index contributed by atoms with van der Waals surface area (Å²) in [4.78, 5) is 43.7. The number of nitrogens with zero attached hydrogens (tertiary/aromatic N) is 1. The number of Topliss-reactive ketones (excluding diaryl/α,β-unsaturated/α-hetero) is 1. The fourth-order valence-electron chi connectivity index (χ4n) is 5.47. The number of rotatable bonds is 3. The number of esters is 1. The van der Waals surface area contributed by atoms with Crippen molar-refractivity contribution in [3.8, 4) is 0 Å². The van der Waals surface area contributed by atoms with Crippen LogP contribution in [-0.2, 0) is 19.7 Å². The number of carbonyl (C=O) groups excluding carboxylic acids is 3. The zero-order valence-corrected chi connectivity index (χ0v) is 20.7. The second kappa shape index (κ2) is 7.94. The zero-order chi connectivity index (χ0) is 24.3. The largest absolute Gasteiger partial charge is 0.460 e. The minimum Gasteiger partial charge on any atom is -0.460 e. The van der Waals surface area contributed by atoms with Crippen LogP contribution in [0.5, 0.6) is 0 Å². The number of ether oxygens (including phenoxy) is 1. The second-order valence-electron chi connectivity index (χ2n) is 9.80. The van der Waals surface area contributed by atoms with Gasteiger partial charge in [-0.2, -0.15) is 0 Å². The normalized spacial score (nSPS) is 27.2. The Morgan fingerprint density at radius 3 is 2.44 bits per heavy atom. The first-order valence-electron chi connectivity index (χ1n) is 11.2. The number of nitrogens with one attached hydrogen (secondary N) is 1. The van der Waals surface area contributed by atoms with Crippen LogP contribution in [0.4, 0.5) is 5.69 Å². The van der Waals surface area contributed by atoms with Gasteiger partial charge in [0.15, 0.2) is 5.78 Å². The molecule has 1 N–H and O–H groups in total. The topological polar surface area (TPSA) is 75.7 Å². The standard InChI is InChI=1S/C27H25BrN2O4/c1-26(2,3)34-24(32)20-21(22(31)16-10-5-4-6-11-16)30-15-9-13-18(28)23(30)27(20)17-12-7-8-14-19(17)29-25(27)33/h4-15,20-21,23H,1-3H3,(H,29,33)/t20-,21-,23+,27-/m1/s1. The lowest BCUT2D eigenvalue weighted by Gasteiger charge is -2.36. The number of hydrogen-bond donors (Lipinski definition) is 1. The average molecular weight is 521 g/mol. The minimum atomic E-state index is -1.35. The maximum Gasteiger partial charge on any atom is 0.313 e. The van der Waals surface area contributed by atoms with Gasteiger partial charge in [0.25, 0.3) is 0 Å². The van der Waals surface area contributed by atoms with Crippen molar-refractivity contribution in [1.29, 1.82) is 0 Å². The molecule has 3 heterocycles. The molecule has 0 saturated carbocycles. The predicted octanol–water partition coefficient (Wildman–Crippen LogP) is 4.58. The van der Waals surface area contributed by atoms with Crippen LogP contribution < -0.4 is 5.32 Å². The number of halogens is 1. The van der Waals surface area contributed by atoms with Crippen LogP contribution >= 0.6 is 15.9 Å². The van der Waals surface area contributed by atoms with E-state index in [4.69, 9.17) is 4.74 Å². The molecule has 1 spiro atoms. The van der Waals surface area contributed by atoms with Crippen LogP contribution in [0.15, 0.2) is 77.4 Å². The van der Waals surface area contributed by atoms with Crippen molar-refractivity contribution in [3.63, 3.8) is 0 Å². The second-order valence-corrected chi connectivity index (χ2v) is 10.7. The third-order valence-electron chi connectivity index (χ3n) is 6.62. The molecule has 0 bridgehead atoms. The SMILES string of the molecule is CC(C)(C)OC(=O)[C@H]1[C@H](C(=O)c2ccccc2)N2C=CC=C(Br)[C@H]2[C@]12C(=O)Nc1ccccc12. The smallest absolute Gasteiger partial charge is 0.313 e. The number of amides is 1. The molecule has 4 atom stereocenters. The molecule has 7 heteroatoms. The van der Waals surface area contributed by atoms with Crippen molar-refractivity contribution in [2.45, 2.75) is 43.9 Å². The lowest BCUT2D eigenvalue weighted by Crippen LogP contribution is -2.53. The Kier molecular flexibility index (Phi) is 5.28. The highest BCUT2D eigenvalue weighted by atomic mass is 79.9. The van der Waals surface area contributed by atoms with Gasteiger partial charge < -0.3 is 15.0 Å². The van der Waals surface area contributed by atoms with Gasteiger partial charge in [-0.15, -0.1) is 0 Å². The Hall–Kier alpha value is -3.19. The molecule has 2 aromatic carbocycles. The van der Waals surface area contributed by atoms with Gasteiger partial charge in [0, 0.05) is 21.9 Å². The number of anilines is 1. The Morgan fingerprint density at radius 1 is 1.06 bits per heavy atom. The molecular weight excluding hydrogens is 496 g/mol. The summed E-state index contributed by atoms with van der Waals surface area (Å²) in [6.07, 6.45) is 5.47. The van der Waals surface area contributed by atoms with E-state index in [9.17, 15) is 14.4 Å². The first kappa shape index (κ1) is 22.6. The molecule has 0 aromatic heterocycles. The summed E-state index contributed by atoms with van der Waals surface area (Å²) in [6, 6.07) is 14.7. The van der Waals surface area contributed by atoms with E-state index >= 15 is 0 Å². The van der Waals surface area contributed by atoms with Crippen molar-refractivity contribution in [1.82, 2.24) is 4.90 Å². The molecular formula is C27H25BrN2O4. The van der Waals surface area contributed by atoms with Crippen molar-refractivity contribution in [3.05, 3.63) is 88.6 Å². The van der Waals surface area contributed by atoms with Crippen molar-refractivity contribution >= 4 is 39.3 Å². The van der Waals surface area contributed by atoms with Crippen LogP contribution in [-0.4, -0.2) is 40.2 Å². The fraction of sp³-hybridized carbons (Fsp3) is 0.296. The molecule has 3 aliphatic rings. The van der Waals surface area contributed by atoms with E-state index < -0.39 is 35.0 Å². The van der Waals surface area contributed by atoms with E-state index in [2.05, 4.69) is 21.2 Å². The van der Waals surface area contributed by atoms with E-state index in [0.29, 0.717) is 16.8 Å². The summed E-state index contributed by atoms with van der Waals surface area (Å²) in [5, 5.41) is 2.97. The molecule has 0 radical (unpaired) electrons. The van der Waals surface area contributed by atoms with Gasteiger partial charge in [-0.05, 0) is 44.6 Å². The molecule has 5 rings (SSSR count). The molecule has 1 fully saturated rings. The highest BCUT2D eigenvalue weighted by Crippen LogP contribution is 2.58. The minimum absolute atomic E-state index is 0.234. The number of hydrogen-bond acceptors (Lipinski definition) is 5. The van der Waals surface area contributed by atoms with Gasteiger partial charge >= 0.3 is 5.97 Å². The summed E-state index contributed by atoms with van der Waals surface area (Å²) in [6.45, 7) is 5.35. The van der Waals surface area contributed by atoms with Gasteiger partial charge in [0.2, 0.25) is 5.91 Å². The molecule has 0 aliphatic carbocycles. The van der Waals surface area contributed by atoms with E-state index in [0.717, 1.165) is 4.48 Å². The zero-order valence-electron chi connectivity index (χ0n) is 19.1. The van der Waals surface area contributed by atoms with Gasteiger partial charge in [0.05, 0.1) is 6.04 Å². The Bertz CT molecular complexity index is 1250. The van der Waals surface area contributed by atoms with Crippen LogP contribution in [0.2, 0.25) is 0 Å². The molecule has 6 nitrogen and oxygen atoms in total. The summed E-state index contributed by atoms with van der Waals surface area (Å²) in [5.74, 6) is -2.19. The highest BCUT2D eigenvalue weighted by Gasteiger charge is 2.71. The van der Waals surface area contributed by atoms with Crippen LogP contribution in [0.1, 0.15) is 36.7 Å². The third kappa shape index (κ3) is 3.25. The van der Waals surface area contributed by atoms with Crippen molar-refractivity contribution < 1.29 is 19.1 Å². The Balaban J connectivity index is 1.78. The monoisotopic (exact) mass is 520 g/mol. The quantitative estimate of drug-likeness (QED) is 0.473. The van der Waals surface area contributed by atoms with Crippen molar-refractivity contribution in [2.24, 2.45) is 5.92 Å². The van der Waals surface area contributed by atoms with E-state index in [1.165, 1.54) is 0 Å². The van der Waals surface area contributed by atoms with E-state index in [1.807, 2.05) is 47.4 Å². The molecule has 1 amide bonds. The summed E-state index contributed by atoms with van der Waals surface area (Å²) >= 11 is 3.66. The van der Waals surface area contributed by atoms with E-state index in [-0.39, 0.29) is 11.7 Å². The third-order valence-corrected chi connectivity index (χ3v) is 7.31. The Labute approximate surface area is 206 Å². The van der Waals surface area contributed by atoms with Crippen molar-refractivity contribution in [2.75, 3.05) is 5.32 Å². The lowest BCUT2D eigenvalue weighted by atomic mass is 9.66. The number of para-hydroxylation sites is 1. The van der Waals surface area contributed by atoms with Crippen LogP contribution in [0, 0.1) is 5.92 Å². The maximum atomic E-state index is 14.0. The number of carbonyl (C=O) groups is 3. The summed E-state index contributed by atoms with van der Waals surface area (Å²) < 4.78 is 6.59. The molecule has 1 saturated heterocycles. The number of allylic oxidation sites excluding steroid dienone is 2. The van der Waals surface area contributed by atoms with Crippen LogP contribution in [0.3, 0.4) is 0 Å². The number of fused-ring (bicyclic) bond motifs is 4. The molecule has 174 valence electrons. The van der Waals surface area contributed by atoms with E-state index in [1.54, 1.807) is 51.2 Å². The summed E-state index contributed by atoms with van der Waals surface area (Å²) in [7, 11) is 0. The molecule has 3 aliphatic heterocycles. The molecule has 0 unspecified atom stereocenters. The lowest BCUT2D eigenvalue weighted by molar-refractivity contribution is -0.163. The maximum absolute atomic E-state index is 14.0. The predicted molar refractivity (Wildman–Crippen MR) is 132 cm³/mol. The van der Waals surface area contributed by atoms with Gasteiger partial charge in [-0.1, -0.05) is 64.5 Å². The van der Waals surface area contributed by atoms with Gasteiger partial charge in [0.1, 0.15) is 23.0 Å². The number of ketones is 1. The Morgan fingerprint density at radius 2 is 1.74 bits per heavy atom. The summed E-state index contributed by atoms with van der Waals surface area (Å²) in [5.41, 5.74) is -0.339. The average Bonchev–Trinajstić information content (AvgIpc) is 3.27. The first-order valence-corrected chi connectivity index (χ1v) is 12.0. The van der Waals surface area contributed by atoms with Gasteiger partial charge in [-0.25, -0.2) is 0 Å². The van der Waals surface area contributed by atoms with Gasteiger partial charge in [-0.3, -0.25) is 14.4 Å². The number of benzene rings is 2. The molecule has 2 aromatic rings. The highest BCUT2D eigenvalue weighted by molar-refractivity contribution is 9.11. The van der Waals surface area contributed by atoms with Crippen LogP contribution in [0.25, 0.3) is 0 Å². The first-order chi connectivity index (χ1) is 16.2.